The molecule has 4 rings (SSSR count). The van der Waals surface area contributed by atoms with Gasteiger partial charge < -0.3 is 19.9 Å². The predicted molar refractivity (Wildman–Crippen MR) is 121 cm³/mol. The van der Waals surface area contributed by atoms with E-state index in [2.05, 4.69) is 27.3 Å². The Balaban J connectivity index is 0.00000160. The molecule has 2 saturated heterocycles. The molecule has 0 bridgehead atoms. The van der Waals surface area contributed by atoms with Crippen LogP contribution in [0.15, 0.2) is 12.4 Å². The molecule has 0 aromatic carbocycles. The highest BCUT2D eigenvalue weighted by molar-refractivity contribution is 5.85. The highest BCUT2D eigenvalue weighted by atomic mass is 35.5. The molecule has 172 valence electrons. The van der Waals surface area contributed by atoms with Crippen LogP contribution in [0.1, 0.15) is 30.9 Å². The van der Waals surface area contributed by atoms with Gasteiger partial charge >= 0.3 is 0 Å². The number of hydrogen-bond acceptors (Lipinski definition) is 6. The van der Waals surface area contributed by atoms with Crippen LogP contribution in [0.5, 0.6) is 0 Å². The number of aryl methyl sites for hydroxylation is 1. The lowest BCUT2D eigenvalue weighted by Gasteiger charge is -2.42. The van der Waals surface area contributed by atoms with Gasteiger partial charge in [-0.15, -0.1) is 24.8 Å². The summed E-state index contributed by atoms with van der Waals surface area (Å²) in [6.07, 6.45) is 7.44. The molecule has 0 radical (unpaired) electrons. The number of nitrogens with one attached hydrogen (secondary N) is 1. The van der Waals surface area contributed by atoms with Crippen LogP contribution in [0.3, 0.4) is 0 Å². The Morgan fingerprint density at radius 2 is 1.97 bits per heavy atom. The fraction of sp³-hybridized carbons (Fsp3) is 0.800. The number of aromatic nitrogens is 2. The van der Waals surface area contributed by atoms with Crippen molar-refractivity contribution in [3.63, 3.8) is 0 Å². The van der Waals surface area contributed by atoms with Gasteiger partial charge in [-0.25, -0.2) is 0 Å². The number of carbonyl (C=O) groups is 1. The molecule has 3 aliphatic rings. The van der Waals surface area contributed by atoms with Crippen LogP contribution in [0.2, 0.25) is 0 Å². The molecule has 1 N–H and O–H groups in total. The molecular formula is C20H36Cl2N6O2. The zero-order valence-electron chi connectivity index (χ0n) is 18.0. The van der Waals surface area contributed by atoms with Crippen LogP contribution in [0, 0.1) is 0 Å². The quantitative estimate of drug-likeness (QED) is 0.677. The van der Waals surface area contributed by atoms with Crippen LogP contribution in [-0.2, 0) is 16.6 Å². The van der Waals surface area contributed by atoms with Crippen LogP contribution >= 0.6 is 24.8 Å². The molecule has 1 saturated carbocycles. The van der Waals surface area contributed by atoms with Crippen molar-refractivity contribution in [2.24, 2.45) is 7.05 Å². The van der Waals surface area contributed by atoms with Crippen LogP contribution in [0.25, 0.3) is 0 Å². The SMILES string of the molecule is CN1CCCN(C[C@@H]2OCCN(C(=O)CNC3CC3)[C@H]2c2cnn(C)c2)CC1.Cl.Cl. The monoisotopic (exact) mass is 462 g/mol. The number of rotatable bonds is 6. The Morgan fingerprint density at radius 3 is 2.67 bits per heavy atom. The normalized spacial score (nSPS) is 25.9. The molecule has 3 heterocycles. The summed E-state index contributed by atoms with van der Waals surface area (Å²) in [7, 11) is 4.11. The minimum Gasteiger partial charge on any atom is -0.373 e. The number of hydrogen-bond donors (Lipinski definition) is 1. The summed E-state index contributed by atoms with van der Waals surface area (Å²) in [5, 5.41) is 7.73. The first-order valence-corrected chi connectivity index (χ1v) is 10.6. The molecular weight excluding hydrogens is 427 g/mol. The molecule has 8 nitrogen and oxygen atoms in total. The lowest BCUT2D eigenvalue weighted by molar-refractivity contribution is -0.147. The van der Waals surface area contributed by atoms with Crippen molar-refractivity contribution in [2.75, 3.05) is 59.5 Å². The second-order valence-electron chi connectivity index (χ2n) is 8.50. The van der Waals surface area contributed by atoms with E-state index in [1.165, 1.54) is 19.3 Å². The maximum Gasteiger partial charge on any atom is 0.237 e. The van der Waals surface area contributed by atoms with Crippen LogP contribution in [0.4, 0.5) is 0 Å². The minimum absolute atomic E-state index is 0. The molecule has 0 spiro atoms. The van der Waals surface area contributed by atoms with Gasteiger partial charge in [-0.05, 0) is 39.4 Å². The van der Waals surface area contributed by atoms with Crippen molar-refractivity contribution < 1.29 is 9.53 Å². The highest BCUT2D eigenvalue weighted by Gasteiger charge is 2.38. The third-order valence-corrected chi connectivity index (χ3v) is 6.11. The Bertz CT molecular complexity index is 671. The Labute approximate surface area is 192 Å². The van der Waals surface area contributed by atoms with E-state index in [9.17, 15) is 4.79 Å². The van der Waals surface area contributed by atoms with Crippen molar-refractivity contribution in [3.8, 4) is 0 Å². The number of morpholine rings is 1. The molecule has 10 heteroatoms. The first-order valence-electron chi connectivity index (χ1n) is 10.6. The predicted octanol–water partition coefficient (Wildman–Crippen LogP) is 0.922. The Kier molecular flexibility index (Phi) is 9.84. The Hall–Kier alpha value is -0.900. The van der Waals surface area contributed by atoms with Crippen LogP contribution < -0.4 is 5.32 Å². The summed E-state index contributed by atoms with van der Waals surface area (Å²) >= 11 is 0. The van der Waals surface area contributed by atoms with Crippen molar-refractivity contribution >= 4 is 30.7 Å². The van der Waals surface area contributed by atoms with Gasteiger partial charge in [0, 0.05) is 51.0 Å². The van der Waals surface area contributed by atoms with Gasteiger partial charge in [-0.2, -0.15) is 5.10 Å². The van der Waals surface area contributed by atoms with Crippen molar-refractivity contribution in [1.29, 1.82) is 0 Å². The fourth-order valence-electron chi connectivity index (χ4n) is 4.31. The number of likely N-dealkylation sites (N-methyl/N-ethyl adjacent to an activating group) is 1. The minimum atomic E-state index is -0.0723. The Morgan fingerprint density at radius 1 is 1.17 bits per heavy atom. The van der Waals surface area contributed by atoms with E-state index in [-0.39, 0.29) is 42.9 Å². The third-order valence-electron chi connectivity index (χ3n) is 6.11. The summed E-state index contributed by atoms with van der Waals surface area (Å²) in [4.78, 5) is 19.9. The average Bonchev–Trinajstić information content (AvgIpc) is 3.45. The lowest BCUT2D eigenvalue weighted by atomic mass is 10.00. The number of amides is 1. The average molecular weight is 463 g/mol. The lowest BCUT2D eigenvalue weighted by Crippen LogP contribution is -2.53. The second-order valence-corrected chi connectivity index (χ2v) is 8.50. The first-order chi connectivity index (χ1) is 13.6. The van der Waals surface area contributed by atoms with E-state index in [0.717, 1.165) is 38.3 Å². The van der Waals surface area contributed by atoms with Crippen molar-refractivity contribution in [3.05, 3.63) is 18.0 Å². The van der Waals surface area contributed by atoms with E-state index >= 15 is 0 Å². The zero-order valence-corrected chi connectivity index (χ0v) is 19.7. The van der Waals surface area contributed by atoms with Gasteiger partial charge in [0.25, 0.3) is 0 Å². The number of carbonyl (C=O) groups excluding carboxylic acids is 1. The molecule has 1 amide bonds. The molecule has 1 aromatic heterocycles. The molecule has 1 aromatic rings. The van der Waals surface area contributed by atoms with Gasteiger partial charge in [0.2, 0.25) is 5.91 Å². The van der Waals surface area contributed by atoms with Crippen molar-refractivity contribution in [2.45, 2.75) is 37.5 Å². The second kappa shape index (κ2) is 11.6. The van der Waals surface area contributed by atoms with E-state index < -0.39 is 0 Å². The molecule has 2 aliphatic heterocycles. The number of ether oxygens (including phenoxy) is 1. The molecule has 3 fully saturated rings. The molecule has 2 atom stereocenters. The van der Waals surface area contributed by atoms with E-state index in [1.54, 1.807) is 0 Å². The summed E-state index contributed by atoms with van der Waals surface area (Å²) in [5.74, 6) is 0.171. The summed E-state index contributed by atoms with van der Waals surface area (Å²) in [6.45, 7) is 6.88. The summed E-state index contributed by atoms with van der Waals surface area (Å²) in [5.41, 5.74) is 1.07. The number of halogens is 2. The van der Waals surface area contributed by atoms with Gasteiger partial charge in [0.1, 0.15) is 0 Å². The summed E-state index contributed by atoms with van der Waals surface area (Å²) < 4.78 is 8.05. The van der Waals surface area contributed by atoms with Crippen LogP contribution in [-0.4, -0.2) is 102 Å². The van der Waals surface area contributed by atoms with Gasteiger partial charge in [-0.3, -0.25) is 14.4 Å². The molecule has 1 aliphatic carbocycles. The number of nitrogens with zero attached hydrogens (tertiary/aromatic N) is 5. The van der Waals surface area contributed by atoms with E-state index in [1.807, 2.05) is 29.0 Å². The fourth-order valence-corrected chi connectivity index (χ4v) is 4.31. The maximum atomic E-state index is 13.0. The largest absolute Gasteiger partial charge is 0.373 e. The zero-order chi connectivity index (χ0) is 19.5. The molecule has 30 heavy (non-hydrogen) atoms. The summed E-state index contributed by atoms with van der Waals surface area (Å²) in [6, 6.07) is 0.462. The molecule has 0 unspecified atom stereocenters. The topological polar surface area (TPSA) is 65.9 Å². The van der Waals surface area contributed by atoms with Gasteiger partial charge in [0.05, 0.1) is 31.5 Å². The third kappa shape index (κ3) is 6.55. The van der Waals surface area contributed by atoms with E-state index in [0.29, 0.717) is 25.7 Å². The van der Waals surface area contributed by atoms with Gasteiger partial charge in [-0.1, -0.05) is 0 Å². The maximum absolute atomic E-state index is 13.0. The first kappa shape index (κ1) is 25.4. The smallest absolute Gasteiger partial charge is 0.237 e. The van der Waals surface area contributed by atoms with E-state index in [4.69, 9.17) is 4.74 Å². The standard InChI is InChI=1S/C20H34N6O2.2ClH/c1-23-6-3-7-25(9-8-23)15-18-20(16-12-22-24(2)14-16)26(10-11-28-18)19(27)13-21-17-4-5-17;;/h12,14,17-18,20-21H,3-11,13,15H2,1-2H3;2*1H/t18-,20-;;/m0../s1. The van der Waals surface area contributed by atoms with Crippen molar-refractivity contribution in [1.82, 2.24) is 29.8 Å². The highest BCUT2D eigenvalue weighted by Crippen LogP contribution is 2.30. The van der Waals surface area contributed by atoms with Gasteiger partial charge in [0.15, 0.2) is 0 Å².